The lowest BCUT2D eigenvalue weighted by molar-refractivity contribution is -0.119. The van der Waals surface area contributed by atoms with Crippen molar-refractivity contribution >= 4 is 33.2 Å². The van der Waals surface area contributed by atoms with Gasteiger partial charge in [-0.3, -0.25) is 4.79 Å². The summed E-state index contributed by atoms with van der Waals surface area (Å²) in [6.45, 7) is 0.987. The van der Waals surface area contributed by atoms with Crippen LogP contribution in [0.5, 0.6) is 0 Å². The molecule has 1 fully saturated rings. The van der Waals surface area contributed by atoms with E-state index in [-0.39, 0.29) is 10.8 Å². The molecule has 0 atom stereocenters. The van der Waals surface area contributed by atoms with Crippen LogP contribution in [0, 0.1) is 0 Å². The number of hydrogen-bond donors (Lipinski definition) is 1. The number of halogens is 1. The maximum absolute atomic E-state index is 12.4. The second-order valence-electron chi connectivity index (χ2n) is 6.27. The Kier molecular flexibility index (Phi) is 5.96. The molecule has 0 bridgehead atoms. The monoisotopic (exact) mass is 392 g/mol. The molecule has 3 rings (SSSR count). The van der Waals surface area contributed by atoms with Crippen LogP contribution < -0.4 is 9.62 Å². The van der Waals surface area contributed by atoms with Crippen molar-refractivity contribution in [2.75, 3.05) is 18.0 Å². The summed E-state index contributed by atoms with van der Waals surface area (Å²) in [4.78, 5) is 13.9. The first kappa shape index (κ1) is 18.9. The van der Waals surface area contributed by atoms with Crippen molar-refractivity contribution in [3.05, 3.63) is 59.1 Å². The third kappa shape index (κ3) is 4.63. The summed E-state index contributed by atoms with van der Waals surface area (Å²) in [5.41, 5.74) is 1.76. The van der Waals surface area contributed by atoms with Crippen molar-refractivity contribution < 1.29 is 13.2 Å². The Morgan fingerprint density at radius 3 is 2.35 bits per heavy atom. The summed E-state index contributed by atoms with van der Waals surface area (Å²) in [5.74, 6) is 0.0907. The molecule has 0 aliphatic carbocycles. The number of nitrogens with one attached hydrogen (secondary N) is 1. The first-order valence-electron chi connectivity index (χ1n) is 8.60. The van der Waals surface area contributed by atoms with Crippen LogP contribution in [0.1, 0.15) is 24.8 Å². The molecule has 0 unspecified atom stereocenters. The van der Waals surface area contributed by atoms with E-state index in [1.54, 1.807) is 41.3 Å². The maximum Gasteiger partial charge on any atom is 0.240 e. The Hall–Kier alpha value is -1.89. The number of nitrogens with zero attached hydrogens (tertiary/aromatic N) is 1. The lowest BCUT2D eigenvalue weighted by Crippen LogP contribution is -2.35. The molecule has 1 amide bonds. The van der Waals surface area contributed by atoms with E-state index in [9.17, 15) is 13.2 Å². The number of piperidine rings is 1. The van der Waals surface area contributed by atoms with E-state index in [1.807, 2.05) is 12.1 Å². The number of amides is 1. The number of carbonyl (C=O) groups is 1. The van der Waals surface area contributed by atoms with Gasteiger partial charge in [0.1, 0.15) is 0 Å². The molecule has 26 heavy (non-hydrogen) atoms. The van der Waals surface area contributed by atoms with Crippen LogP contribution in [-0.4, -0.2) is 27.4 Å². The van der Waals surface area contributed by atoms with Crippen LogP contribution in [0.4, 0.5) is 5.69 Å². The van der Waals surface area contributed by atoms with Crippen molar-refractivity contribution in [1.29, 1.82) is 0 Å². The van der Waals surface area contributed by atoms with Gasteiger partial charge in [-0.15, -0.1) is 0 Å². The van der Waals surface area contributed by atoms with Gasteiger partial charge in [0.25, 0.3) is 0 Å². The number of rotatable bonds is 6. The fourth-order valence-electron chi connectivity index (χ4n) is 2.95. The van der Waals surface area contributed by atoms with Crippen LogP contribution in [0.25, 0.3) is 0 Å². The second kappa shape index (κ2) is 8.20. The predicted octanol–water partition coefficient (Wildman–Crippen LogP) is 3.38. The van der Waals surface area contributed by atoms with Gasteiger partial charge in [-0.2, -0.15) is 0 Å². The molecule has 2 aromatic carbocycles. The molecular weight excluding hydrogens is 372 g/mol. The predicted molar refractivity (Wildman–Crippen MR) is 103 cm³/mol. The fourth-order valence-corrected chi connectivity index (χ4v) is 4.11. The smallest absolute Gasteiger partial charge is 0.240 e. The van der Waals surface area contributed by atoms with Gasteiger partial charge in [0.2, 0.25) is 15.9 Å². The minimum atomic E-state index is -3.58. The van der Waals surface area contributed by atoms with Gasteiger partial charge in [-0.25, -0.2) is 13.1 Å². The number of hydrogen-bond acceptors (Lipinski definition) is 3. The molecule has 7 heteroatoms. The minimum absolute atomic E-state index is 0.0907. The first-order valence-corrected chi connectivity index (χ1v) is 10.5. The SMILES string of the molecule is O=C1CCCCN1c1ccc(S(=O)(=O)NCCc2ccc(Cl)cc2)cc1. The van der Waals surface area contributed by atoms with Crippen LogP contribution in [0.3, 0.4) is 0 Å². The summed E-state index contributed by atoms with van der Waals surface area (Å²) >= 11 is 5.84. The quantitative estimate of drug-likeness (QED) is 0.819. The van der Waals surface area contributed by atoms with Crippen LogP contribution in [-0.2, 0) is 21.2 Å². The Labute approximate surface area is 159 Å². The lowest BCUT2D eigenvalue weighted by Gasteiger charge is -2.26. The third-order valence-corrected chi connectivity index (χ3v) is 6.13. The fraction of sp³-hybridized carbons (Fsp3) is 0.316. The molecule has 1 aliphatic rings. The van der Waals surface area contributed by atoms with Crippen molar-refractivity contribution in [1.82, 2.24) is 4.72 Å². The first-order chi connectivity index (χ1) is 12.5. The number of anilines is 1. The van der Waals surface area contributed by atoms with Gasteiger partial charge < -0.3 is 4.90 Å². The molecule has 138 valence electrons. The van der Waals surface area contributed by atoms with Gasteiger partial charge in [0.15, 0.2) is 0 Å². The highest BCUT2D eigenvalue weighted by molar-refractivity contribution is 7.89. The molecule has 1 N–H and O–H groups in total. The molecule has 0 aromatic heterocycles. The van der Waals surface area contributed by atoms with Gasteiger partial charge in [0.05, 0.1) is 4.90 Å². The minimum Gasteiger partial charge on any atom is -0.312 e. The Balaban J connectivity index is 1.61. The summed E-state index contributed by atoms with van der Waals surface area (Å²) < 4.78 is 27.4. The molecule has 0 spiro atoms. The lowest BCUT2D eigenvalue weighted by atomic mass is 10.1. The highest BCUT2D eigenvalue weighted by Gasteiger charge is 2.20. The average molecular weight is 393 g/mol. The molecule has 1 heterocycles. The second-order valence-corrected chi connectivity index (χ2v) is 8.47. The molecule has 5 nitrogen and oxygen atoms in total. The van der Waals surface area contributed by atoms with E-state index < -0.39 is 10.0 Å². The molecule has 0 saturated carbocycles. The van der Waals surface area contributed by atoms with Gasteiger partial charge >= 0.3 is 0 Å². The van der Waals surface area contributed by atoms with Gasteiger partial charge in [-0.05, 0) is 61.2 Å². The van der Waals surface area contributed by atoms with Crippen molar-refractivity contribution in [2.24, 2.45) is 0 Å². The zero-order chi connectivity index (χ0) is 18.6. The third-order valence-electron chi connectivity index (χ3n) is 4.40. The zero-order valence-electron chi connectivity index (χ0n) is 14.3. The summed E-state index contributed by atoms with van der Waals surface area (Å²) in [7, 11) is -3.58. The van der Waals surface area contributed by atoms with Crippen molar-refractivity contribution in [3.63, 3.8) is 0 Å². The Morgan fingerprint density at radius 1 is 1.00 bits per heavy atom. The van der Waals surface area contributed by atoms with Crippen LogP contribution in [0.15, 0.2) is 53.4 Å². The number of carbonyl (C=O) groups excluding carboxylic acids is 1. The normalized spacial score (nSPS) is 15.3. The highest BCUT2D eigenvalue weighted by Crippen LogP contribution is 2.22. The number of benzene rings is 2. The van der Waals surface area contributed by atoms with Crippen LogP contribution in [0.2, 0.25) is 5.02 Å². The average Bonchev–Trinajstić information content (AvgIpc) is 2.64. The highest BCUT2D eigenvalue weighted by atomic mass is 35.5. The van der Waals surface area contributed by atoms with Gasteiger partial charge in [-0.1, -0.05) is 23.7 Å². The van der Waals surface area contributed by atoms with Gasteiger partial charge in [0, 0.05) is 30.2 Å². The van der Waals surface area contributed by atoms with Crippen molar-refractivity contribution in [3.8, 4) is 0 Å². The molecule has 1 aliphatic heterocycles. The Morgan fingerprint density at radius 2 is 1.69 bits per heavy atom. The molecule has 0 radical (unpaired) electrons. The topological polar surface area (TPSA) is 66.5 Å². The van der Waals surface area contributed by atoms with E-state index in [0.29, 0.717) is 31.0 Å². The zero-order valence-corrected chi connectivity index (χ0v) is 15.9. The molecular formula is C19H21ClN2O3S. The standard InChI is InChI=1S/C19H21ClN2O3S/c20-16-6-4-15(5-7-16)12-13-21-26(24,25)18-10-8-17(9-11-18)22-14-2-1-3-19(22)23/h4-11,21H,1-3,12-14H2. The van der Waals surface area contributed by atoms with E-state index in [4.69, 9.17) is 11.6 Å². The van der Waals surface area contributed by atoms with E-state index in [0.717, 1.165) is 24.1 Å². The van der Waals surface area contributed by atoms with Crippen LogP contribution >= 0.6 is 11.6 Å². The van der Waals surface area contributed by atoms with E-state index in [2.05, 4.69) is 4.72 Å². The number of sulfonamides is 1. The van der Waals surface area contributed by atoms with E-state index >= 15 is 0 Å². The summed E-state index contributed by atoms with van der Waals surface area (Å²) in [6.07, 6.45) is 3.01. The Bertz CT molecular complexity index is 865. The largest absolute Gasteiger partial charge is 0.312 e. The molecule has 1 saturated heterocycles. The maximum atomic E-state index is 12.4. The van der Waals surface area contributed by atoms with Crippen molar-refractivity contribution in [2.45, 2.75) is 30.6 Å². The summed E-state index contributed by atoms with van der Waals surface area (Å²) in [6, 6.07) is 13.8. The molecule has 2 aromatic rings. The van der Waals surface area contributed by atoms with E-state index in [1.165, 1.54) is 0 Å². The summed E-state index contributed by atoms with van der Waals surface area (Å²) in [5, 5.41) is 0.654.